The van der Waals surface area contributed by atoms with Crippen molar-refractivity contribution in [3.8, 4) is 16.8 Å². The first kappa shape index (κ1) is 30.1. The molecule has 0 bridgehead atoms. The lowest BCUT2D eigenvalue weighted by Crippen LogP contribution is -2.35. The minimum absolute atomic E-state index is 0.209. The van der Waals surface area contributed by atoms with Gasteiger partial charge in [0.05, 0.1) is 30.6 Å². The van der Waals surface area contributed by atoms with E-state index in [-0.39, 0.29) is 11.4 Å². The Hall–Kier alpha value is -3.87. The second-order valence-corrected chi connectivity index (χ2v) is 9.66. The molecule has 1 aromatic carbocycles. The summed E-state index contributed by atoms with van der Waals surface area (Å²) < 4.78 is 45.3. The number of nitrogens with two attached hydrogens (primary N) is 1. The number of fused-ring (bicyclic) bond motifs is 1. The van der Waals surface area contributed by atoms with Crippen molar-refractivity contribution in [2.45, 2.75) is 38.9 Å². The molecule has 0 unspecified atom stereocenters. The molecule has 0 spiro atoms. The van der Waals surface area contributed by atoms with Crippen LogP contribution in [0.25, 0.3) is 27.7 Å². The normalized spacial score (nSPS) is 14.1. The van der Waals surface area contributed by atoms with Gasteiger partial charge in [-0.3, -0.25) is 9.88 Å². The van der Waals surface area contributed by atoms with E-state index in [1.807, 2.05) is 6.07 Å². The van der Waals surface area contributed by atoms with Crippen molar-refractivity contribution >= 4 is 16.9 Å². The highest BCUT2D eigenvalue weighted by molar-refractivity contribution is 6.03. The molecule has 0 radical (unpaired) electrons. The van der Waals surface area contributed by atoms with Gasteiger partial charge in [-0.25, -0.2) is 14.5 Å². The third kappa shape index (κ3) is 7.66. The average Bonchev–Trinajstić information content (AvgIpc) is 3.36. The number of carboxylic acid groups (broad SMARTS) is 1. The van der Waals surface area contributed by atoms with Gasteiger partial charge in [0.15, 0.2) is 5.69 Å². The number of hydrogen-bond acceptors (Lipinski definition) is 7. The van der Waals surface area contributed by atoms with Crippen LogP contribution in [0.2, 0.25) is 0 Å². The first-order valence-electron chi connectivity index (χ1n) is 13.5. The molecule has 1 fully saturated rings. The zero-order valence-electron chi connectivity index (χ0n) is 22.8. The Morgan fingerprint density at radius 1 is 1.05 bits per heavy atom. The van der Waals surface area contributed by atoms with Crippen LogP contribution in [0.1, 0.15) is 47.9 Å². The number of ether oxygens (including phenoxy) is 1. The molecule has 4 heterocycles. The van der Waals surface area contributed by atoms with Crippen LogP contribution in [0.3, 0.4) is 0 Å². The number of nitrogens with zero attached hydrogens (tertiary/aromatic N) is 5. The Labute approximate surface area is 235 Å². The second kappa shape index (κ2) is 13.7. The second-order valence-electron chi connectivity index (χ2n) is 9.66. The van der Waals surface area contributed by atoms with Crippen molar-refractivity contribution in [2.75, 3.05) is 32.8 Å². The minimum Gasteiger partial charge on any atom is -0.476 e. The zero-order valence-corrected chi connectivity index (χ0v) is 22.8. The van der Waals surface area contributed by atoms with Gasteiger partial charge in [-0.15, -0.1) is 0 Å². The van der Waals surface area contributed by atoms with Gasteiger partial charge < -0.3 is 15.6 Å². The number of rotatable bonds is 8. The summed E-state index contributed by atoms with van der Waals surface area (Å²) in [5.74, 6) is -1.25. The number of carboxylic acids is 1. The van der Waals surface area contributed by atoms with Gasteiger partial charge in [-0.05, 0) is 54.4 Å². The van der Waals surface area contributed by atoms with Crippen LogP contribution in [-0.2, 0) is 17.5 Å². The summed E-state index contributed by atoms with van der Waals surface area (Å²) in [7, 11) is 0. The van der Waals surface area contributed by atoms with Crippen molar-refractivity contribution in [3.05, 3.63) is 71.9 Å². The molecule has 0 aliphatic carbocycles. The summed E-state index contributed by atoms with van der Waals surface area (Å²) in [5, 5.41) is 14.2. The average molecular weight is 571 g/mol. The molecule has 3 aromatic heterocycles. The fourth-order valence-corrected chi connectivity index (χ4v) is 4.48. The Kier molecular flexibility index (Phi) is 10.0. The SMILES string of the molecule is CCCCCN.O=C(O)c1nn(-c2ccc(C(F)(F)F)nc2)c2ccc(-c3cncc(CN4CCOCC4)c3)cc12. The van der Waals surface area contributed by atoms with E-state index >= 15 is 0 Å². The number of halogens is 3. The highest BCUT2D eigenvalue weighted by Crippen LogP contribution is 2.31. The molecule has 1 aliphatic heterocycles. The number of aromatic carboxylic acids is 1. The highest BCUT2D eigenvalue weighted by Gasteiger charge is 2.32. The molecule has 3 N–H and O–H groups in total. The lowest BCUT2D eigenvalue weighted by molar-refractivity contribution is -0.141. The van der Waals surface area contributed by atoms with Crippen molar-refractivity contribution in [3.63, 3.8) is 0 Å². The zero-order chi connectivity index (χ0) is 29.4. The summed E-state index contributed by atoms with van der Waals surface area (Å²) in [6.45, 7) is 6.84. The van der Waals surface area contributed by atoms with Crippen LogP contribution in [0.15, 0.2) is 55.0 Å². The number of pyridine rings is 2. The van der Waals surface area contributed by atoms with E-state index in [4.69, 9.17) is 10.5 Å². The highest BCUT2D eigenvalue weighted by atomic mass is 19.4. The molecule has 41 heavy (non-hydrogen) atoms. The Balaban J connectivity index is 0.000000585. The van der Waals surface area contributed by atoms with Gasteiger partial charge in [0, 0.05) is 43.0 Å². The van der Waals surface area contributed by atoms with E-state index in [0.29, 0.717) is 24.1 Å². The quantitative estimate of drug-likeness (QED) is 0.279. The van der Waals surface area contributed by atoms with Gasteiger partial charge in [-0.1, -0.05) is 25.8 Å². The van der Waals surface area contributed by atoms with E-state index in [0.717, 1.165) is 55.1 Å². The third-order valence-corrected chi connectivity index (χ3v) is 6.61. The van der Waals surface area contributed by atoms with Gasteiger partial charge in [0.1, 0.15) is 5.69 Å². The number of unbranched alkanes of at least 4 members (excludes halogenated alkanes) is 2. The minimum atomic E-state index is -4.57. The predicted molar refractivity (Wildman–Crippen MR) is 149 cm³/mol. The summed E-state index contributed by atoms with van der Waals surface area (Å²) >= 11 is 0. The maximum atomic E-state index is 12.9. The molecule has 1 aliphatic rings. The standard InChI is InChI=1S/C24H20F3N5O3.C5H13N/c25-24(26,27)21-4-2-18(13-29-21)32-20-3-1-16(10-19(20)22(30-32)23(33)34)17-9-15(11-28-12-17)14-31-5-7-35-8-6-31;1-2-3-4-5-6/h1-4,9-13H,5-8,14H2,(H,33,34);2-6H2,1H3. The largest absolute Gasteiger partial charge is 0.476 e. The van der Waals surface area contributed by atoms with Gasteiger partial charge in [0.25, 0.3) is 0 Å². The monoisotopic (exact) mass is 570 g/mol. The van der Waals surface area contributed by atoms with E-state index < -0.39 is 17.8 Å². The Morgan fingerprint density at radius 2 is 1.83 bits per heavy atom. The molecule has 218 valence electrons. The Bertz CT molecular complexity index is 1450. The summed E-state index contributed by atoms with van der Waals surface area (Å²) in [5.41, 5.74) is 7.21. The number of hydrogen-bond donors (Lipinski definition) is 2. The molecule has 5 rings (SSSR count). The molecular formula is C29H33F3N6O3. The topological polar surface area (TPSA) is 119 Å². The fraction of sp³-hybridized carbons (Fsp3) is 0.379. The van der Waals surface area contributed by atoms with E-state index in [2.05, 4.69) is 26.9 Å². The van der Waals surface area contributed by atoms with Crippen molar-refractivity contribution in [2.24, 2.45) is 5.73 Å². The number of alkyl halides is 3. The van der Waals surface area contributed by atoms with Crippen LogP contribution in [0, 0.1) is 0 Å². The predicted octanol–water partition coefficient (Wildman–Crippen LogP) is 5.17. The van der Waals surface area contributed by atoms with Crippen molar-refractivity contribution < 1.29 is 27.8 Å². The fourth-order valence-electron chi connectivity index (χ4n) is 4.48. The van der Waals surface area contributed by atoms with E-state index in [9.17, 15) is 23.1 Å². The van der Waals surface area contributed by atoms with Crippen molar-refractivity contribution in [1.82, 2.24) is 24.6 Å². The van der Waals surface area contributed by atoms with Crippen LogP contribution >= 0.6 is 0 Å². The van der Waals surface area contributed by atoms with Crippen LogP contribution in [-0.4, -0.2) is 68.6 Å². The summed E-state index contributed by atoms with van der Waals surface area (Å²) in [4.78, 5) is 22.0. The van der Waals surface area contributed by atoms with Gasteiger partial charge in [-0.2, -0.15) is 18.3 Å². The first-order valence-corrected chi connectivity index (χ1v) is 13.5. The lowest BCUT2D eigenvalue weighted by atomic mass is 10.0. The lowest BCUT2D eigenvalue weighted by Gasteiger charge is -2.26. The summed E-state index contributed by atoms with van der Waals surface area (Å²) in [6.07, 6.45) is 3.71. The number of morpholine rings is 1. The van der Waals surface area contributed by atoms with Crippen LogP contribution in [0.5, 0.6) is 0 Å². The Morgan fingerprint density at radius 3 is 2.44 bits per heavy atom. The van der Waals surface area contributed by atoms with Crippen LogP contribution < -0.4 is 5.73 Å². The van der Waals surface area contributed by atoms with Gasteiger partial charge in [0.2, 0.25) is 0 Å². The molecule has 0 atom stereocenters. The van der Waals surface area contributed by atoms with E-state index in [1.165, 1.54) is 30.0 Å². The molecule has 4 aromatic rings. The number of aromatic nitrogens is 4. The first-order chi connectivity index (χ1) is 19.7. The number of carbonyl (C=O) groups is 1. The maximum absolute atomic E-state index is 12.9. The molecule has 0 amide bonds. The van der Waals surface area contributed by atoms with Gasteiger partial charge >= 0.3 is 12.1 Å². The van der Waals surface area contributed by atoms with Crippen molar-refractivity contribution in [1.29, 1.82) is 0 Å². The summed E-state index contributed by atoms with van der Waals surface area (Å²) in [6, 6.07) is 9.25. The molecule has 0 saturated carbocycles. The number of benzene rings is 1. The molecule has 12 heteroatoms. The maximum Gasteiger partial charge on any atom is 0.433 e. The third-order valence-electron chi connectivity index (χ3n) is 6.61. The van der Waals surface area contributed by atoms with E-state index in [1.54, 1.807) is 30.6 Å². The molecular weight excluding hydrogens is 537 g/mol. The smallest absolute Gasteiger partial charge is 0.433 e. The van der Waals surface area contributed by atoms with Crippen LogP contribution in [0.4, 0.5) is 13.2 Å². The molecule has 9 nitrogen and oxygen atoms in total. The molecule has 1 saturated heterocycles.